The molecule has 0 aliphatic carbocycles. The lowest BCUT2D eigenvalue weighted by Crippen LogP contribution is -2.41. The second kappa shape index (κ2) is 5.04. The Kier molecular flexibility index (Phi) is 3.26. The summed E-state index contributed by atoms with van der Waals surface area (Å²) in [6, 6.07) is 10.7. The average Bonchev–Trinajstić information content (AvgIpc) is 2.46. The molecule has 1 aliphatic heterocycles. The molecule has 0 saturated carbocycles. The van der Waals surface area contributed by atoms with Crippen LogP contribution >= 0.6 is 0 Å². The van der Waals surface area contributed by atoms with E-state index < -0.39 is 0 Å². The first-order chi connectivity index (χ1) is 8.90. The molecule has 3 heteroatoms. The first kappa shape index (κ1) is 11.6. The topological polar surface area (TPSA) is 34.1 Å². The van der Waals surface area contributed by atoms with E-state index in [2.05, 4.69) is 41.5 Å². The lowest BCUT2D eigenvalue weighted by Gasteiger charge is -2.33. The third kappa shape index (κ3) is 2.00. The number of nitrogens with zero attached hydrogens (tertiary/aromatic N) is 1. The van der Waals surface area contributed by atoms with Crippen molar-refractivity contribution >= 4 is 10.9 Å². The van der Waals surface area contributed by atoms with Crippen LogP contribution < -0.4 is 5.32 Å². The maximum absolute atomic E-state index is 5.86. The Morgan fingerprint density at radius 3 is 3.11 bits per heavy atom. The molecule has 0 unspecified atom stereocenters. The second-order valence-corrected chi connectivity index (χ2v) is 4.67. The van der Waals surface area contributed by atoms with Gasteiger partial charge in [-0.15, -0.1) is 0 Å². The van der Waals surface area contributed by atoms with Crippen molar-refractivity contribution in [1.29, 1.82) is 0 Å². The standard InChI is InChI=1S/C15H18N2O/c1-2-14-15(17-9-10-18-14)12-7-8-16-13-6-4-3-5-11(12)13/h3-8,14-15,17H,2,9-10H2,1H3/t14-,15-/m0/s1. The van der Waals surface area contributed by atoms with Crippen molar-refractivity contribution in [2.24, 2.45) is 0 Å². The molecule has 0 spiro atoms. The Labute approximate surface area is 107 Å². The SMILES string of the molecule is CC[C@@H]1OCCN[C@H]1c1ccnc2ccccc12. The van der Waals surface area contributed by atoms with E-state index in [1.54, 1.807) is 0 Å². The second-order valence-electron chi connectivity index (χ2n) is 4.67. The molecule has 2 aromatic rings. The van der Waals surface area contributed by atoms with Crippen LogP contribution in [0.4, 0.5) is 0 Å². The Morgan fingerprint density at radius 2 is 2.22 bits per heavy atom. The number of ether oxygens (including phenoxy) is 1. The zero-order chi connectivity index (χ0) is 12.4. The van der Waals surface area contributed by atoms with Crippen molar-refractivity contribution in [3.05, 3.63) is 42.1 Å². The van der Waals surface area contributed by atoms with E-state index in [1.807, 2.05) is 12.3 Å². The molecule has 2 heterocycles. The zero-order valence-electron chi connectivity index (χ0n) is 10.6. The molecular weight excluding hydrogens is 224 g/mol. The van der Waals surface area contributed by atoms with E-state index in [4.69, 9.17) is 4.74 Å². The fraction of sp³-hybridized carbons (Fsp3) is 0.400. The molecule has 94 valence electrons. The van der Waals surface area contributed by atoms with Gasteiger partial charge in [0, 0.05) is 18.1 Å². The summed E-state index contributed by atoms with van der Waals surface area (Å²) >= 11 is 0. The van der Waals surface area contributed by atoms with Gasteiger partial charge in [-0.3, -0.25) is 4.98 Å². The molecule has 1 fully saturated rings. The van der Waals surface area contributed by atoms with Crippen LogP contribution in [-0.4, -0.2) is 24.2 Å². The zero-order valence-corrected chi connectivity index (χ0v) is 10.6. The molecule has 3 nitrogen and oxygen atoms in total. The van der Waals surface area contributed by atoms with Crippen molar-refractivity contribution in [2.75, 3.05) is 13.2 Å². The first-order valence-electron chi connectivity index (χ1n) is 6.59. The minimum atomic E-state index is 0.254. The molecule has 0 bridgehead atoms. The van der Waals surface area contributed by atoms with Crippen LogP contribution in [0.1, 0.15) is 24.9 Å². The number of para-hydroxylation sites is 1. The Bertz CT molecular complexity index is 536. The smallest absolute Gasteiger partial charge is 0.0768 e. The highest BCUT2D eigenvalue weighted by Gasteiger charge is 2.26. The van der Waals surface area contributed by atoms with Crippen molar-refractivity contribution in [2.45, 2.75) is 25.5 Å². The normalized spacial score (nSPS) is 24.3. The monoisotopic (exact) mass is 242 g/mol. The highest BCUT2D eigenvalue weighted by Crippen LogP contribution is 2.29. The highest BCUT2D eigenvalue weighted by atomic mass is 16.5. The van der Waals surface area contributed by atoms with Gasteiger partial charge in [0.25, 0.3) is 0 Å². The van der Waals surface area contributed by atoms with Crippen LogP contribution in [-0.2, 0) is 4.74 Å². The minimum Gasteiger partial charge on any atom is -0.375 e. The molecule has 0 radical (unpaired) electrons. The van der Waals surface area contributed by atoms with Gasteiger partial charge >= 0.3 is 0 Å². The predicted octanol–water partition coefficient (Wildman–Crippen LogP) is 2.67. The third-order valence-corrected chi connectivity index (χ3v) is 3.59. The number of hydrogen-bond acceptors (Lipinski definition) is 3. The molecule has 3 rings (SSSR count). The van der Waals surface area contributed by atoms with Gasteiger partial charge in [-0.25, -0.2) is 0 Å². The number of benzene rings is 1. The average molecular weight is 242 g/mol. The van der Waals surface area contributed by atoms with E-state index in [-0.39, 0.29) is 12.1 Å². The van der Waals surface area contributed by atoms with Gasteiger partial charge in [0.15, 0.2) is 0 Å². The van der Waals surface area contributed by atoms with Crippen LogP contribution in [0.3, 0.4) is 0 Å². The fourth-order valence-corrected chi connectivity index (χ4v) is 2.71. The lowest BCUT2D eigenvalue weighted by atomic mass is 9.95. The van der Waals surface area contributed by atoms with Gasteiger partial charge in [0.05, 0.1) is 24.3 Å². The molecule has 18 heavy (non-hydrogen) atoms. The molecule has 1 N–H and O–H groups in total. The van der Waals surface area contributed by atoms with Gasteiger partial charge in [-0.1, -0.05) is 25.1 Å². The van der Waals surface area contributed by atoms with Crippen LogP contribution in [0, 0.1) is 0 Å². The summed E-state index contributed by atoms with van der Waals surface area (Å²) in [4.78, 5) is 4.42. The van der Waals surface area contributed by atoms with Crippen LogP contribution in [0.15, 0.2) is 36.5 Å². The molecule has 1 saturated heterocycles. The maximum Gasteiger partial charge on any atom is 0.0768 e. The number of fused-ring (bicyclic) bond motifs is 1. The van der Waals surface area contributed by atoms with E-state index in [0.717, 1.165) is 25.1 Å². The van der Waals surface area contributed by atoms with Crippen LogP contribution in [0.5, 0.6) is 0 Å². The number of morpholine rings is 1. The predicted molar refractivity (Wildman–Crippen MR) is 72.5 cm³/mol. The van der Waals surface area contributed by atoms with Gasteiger partial charge in [-0.05, 0) is 24.1 Å². The first-order valence-corrected chi connectivity index (χ1v) is 6.59. The molecule has 1 aromatic heterocycles. The summed E-state index contributed by atoms with van der Waals surface area (Å²) < 4.78 is 5.86. The minimum absolute atomic E-state index is 0.254. The summed E-state index contributed by atoms with van der Waals surface area (Å²) in [5, 5.41) is 4.80. The van der Waals surface area contributed by atoms with E-state index in [9.17, 15) is 0 Å². The molecular formula is C15H18N2O. The van der Waals surface area contributed by atoms with Gasteiger partial charge in [-0.2, -0.15) is 0 Å². The Balaban J connectivity index is 2.07. The quantitative estimate of drug-likeness (QED) is 0.879. The number of pyridine rings is 1. The van der Waals surface area contributed by atoms with Crippen molar-refractivity contribution in [3.63, 3.8) is 0 Å². The van der Waals surface area contributed by atoms with Crippen LogP contribution in [0.2, 0.25) is 0 Å². The third-order valence-electron chi connectivity index (χ3n) is 3.59. The maximum atomic E-state index is 5.86. The van der Waals surface area contributed by atoms with Crippen molar-refractivity contribution < 1.29 is 4.74 Å². The molecule has 1 aliphatic rings. The highest BCUT2D eigenvalue weighted by molar-refractivity contribution is 5.82. The Hall–Kier alpha value is -1.45. The summed E-state index contributed by atoms with van der Waals surface area (Å²) in [5.41, 5.74) is 2.35. The van der Waals surface area contributed by atoms with Gasteiger partial charge in [0.2, 0.25) is 0 Å². The molecule has 0 amide bonds. The Morgan fingerprint density at radius 1 is 1.33 bits per heavy atom. The number of rotatable bonds is 2. The summed E-state index contributed by atoms with van der Waals surface area (Å²) in [7, 11) is 0. The fourth-order valence-electron chi connectivity index (χ4n) is 2.71. The van der Waals surface area contributed by atoms with E-state index in [1.165, 1.54) is 10.9 Å². The van der Waals surface area contributed by atoms with Gasteiger partial charge < -0.3 is 10.1 Å². The lowest BCUT2D eigenvalue weighted by molar-refractivity contribution is -0.00609. The molecule has 1 aromatic carbocycles. The van der Waals surface area contributed by atoms with Crippen molar-refractivity contribution in [3.8, 4) is 0 Å². The number of hydrogen-bond donors (Lipinski definition) is 1. The summed E-state index contributed by atoms with van der Waals surface area (Å²) in [6.07, 6.45) is 3.17. The number of aromatic nitrogens is 1. The largest absolute Gasteiger partial charge is 0.375 e. The number of nitrogens with one attached hydrogen (secondary N) is 1. The van der Waals surface area contributed by atoms with E-state index in [0.29, 0.717) is 0 Å². The van der Waals surface area contributed by atoms with Crippen LogP contribution in [0.25, 0.3) is 10.9 Å². The summed E-state index contributed by atoms with van der Waals surface area (Å²) in [6.45, 7) is 3.89. The molecule has 2 atom stereocenters. The van der Waals surface area contributed by atoms with E-state index >= 15 is 0 Å². The van der Waals surface area contributed by atoms with Gasteiger partial charge in [0.1, 0.15) is 0 Å². The van der Waals surface area contributed by atoms with Crippen molar-refractivity contribution in [1.82, 2.24) is 10.3 Å². The summed E-state index contributed by atoms with van der Waals surface area (Å²) in [5.74, 6) is 0.